The summed E-state index contributed by atoms with van der Waals surface area (Å²) in [6, 6.07) is 17.0. The third-order valence-electron chi connectivity index (χ3n) is 4.69. The van der Waals surface area contributed by atoms with Gasteiger partial charge >= 0.3 is 0 Å². The zero-order chi connectivity index (χ0) is 16.9. The second-order valence-corrected chi connectivity index (χ2v) is 7.34. The summed E-state index contributed by atoms with van der Waals surface area (Å²) in [5, 5.41) is 6.15. The third-order valence-corrected chi connectivity index (χ3v) is 5.38. The van der Waals surface area contributed by atoms with E-state index in [9.17, 15) is 0 Å². The Labute approximate surface area is 152 Å². The van der Waals surface area contributed by atoms with Crippen molar-refractivity contribution in [2.75, 3.05) is 18.4 Å². The molecule has 1 aliphatic heterocycles. The summed E-state index contributed by atoms with van der Waals surface area (Å²) in [5.41, 5.74) is 2.59. The fraction of sp³-hybridized carbons (Fsp3) is 0.300. The van der Waals surface area contributed by atoms with Gasteiger partial charge in [-0.1, -0.05) is 36.4 Å². The number of benzene rings is 1. The summed E-state index contributed by atoms with van der Waals surface area (Å²) in [4.78, 5) is 11.6. The Morgan fingerprint density at radius 2 is 1.88 bits per heavy atom. The zero-order valence-electron chi connectivity index (χ0n) is 14.1. The van der Waals surface area contributed by atoms with E-state index in [-0.39, 0.29) is 0 Å². The summed E-state index contributed by atoms with van der Waals surface area (Å²) in [6.45, 7) is 3.31. The topological polar surface area (TPSA) is 41.0 Å². The lowest BCUT2D eigenvalue weighted by atomic mass is 9.93. The molecule has 2 aromatic heterocycles. The first-order chi connectivity index (χ1) is 12.4. The van der Waals surface area contributed by atoms with Crippen molar-refractivity contribution in [1.29, 1.82) is 0 Å². The maximum Gasteiger partial charge on any atom is 0.188 e. The molecule has 0 atom stereocenters. The van der Waals surface area contributed by atoms with Crippen molar-refractivity contribution in [3.8, 4) is 0 Å². The predicted molar refractivity (Wildman–Crippen MR) is 103 cm³/mol. The highest BCUT2D eigenvalue weighted by molar-refractivity contribution is 7.13. The van der Waals surface area contributed by atoms with Crippen LogP contribution in [0.3, 0.4) is 0 Å². The molecule has 128 valence electrons. The molecule has 3 heterocycles. The van der Waals surface area contributed by atoms with E-state index in [2.05, 4.69) is 57.7 Å². The fourth-order valence-electron chi connectivity index (χ4n) is 3.37. The first kappa shape index (κ1) is 16.2. The number of piperidine rings is 1. The van der Waals surface area contributed by atoms with Crippen LogP contribution in [0, 0.1) is 0 Å². The van der Waals surface area contributed by atoms with Gasteiger partial charge in [-0.15, -0.1) is 11.3 Å². The van der Waals surface area contributed by atoms with E-state index < -0.39 is 0 Å². The second kappa shape index (κ2) is 7.76. The smallest absolute Gasteiger partial charge is 0.188 e. The molecule has 4 nitrogen and oxygen atoms in total. The molecule has 25 heavy (non-hydrogen) atoms. The number of pyridine rings is 1. The van der Waals surface area contributed by atoms with Crippen LogP contribution in [0.25, 0.3) is 0 Å². The van der Waals surface area contributed by atoms with Crippen LogP contribution in [0.2, 0.25) is 0 Å². The summed E-state index contributed by atoms with van der Waals surface area (Å²) in [6.07, 6.45) is 4.14. The normalized spacial score (nSPS) is 16.0. The van der Waals surface area contributed by atoms with Gasteiger partial charge in [0.25, 0.3) is 0 Å². The molecule has 3 aromatic rings. The molecule has 5 heteroatoms. The number of anilines is 2. The molecule has 0 saturated carbocycles. The van der Waals surface area contributed by atoms with Crippen LogP contribution < -0.4 is 5.32 Å². The average molecular weight is 350 g/mol. The Kier molecular flexibility index (Phi) is 5.04. The largest absolute Gasteiger partial charge is 0.316 e. The highest BCUT2D eigenvalue weighted by Crippen LogP contribution is 2.28. The number of likely N-dealkylation sites (tertiary alicyclic amines) is 1. The van der Waals surface area contributed by atoms with Crippen molar-refractivity contribution < 1.29 is 0 Å². The molecule has 0 amide bonds. The van der Waals surface area contributed by atoms with Crippen LogP contribution in [-0.4, -0.2) is 28.0 Å². The van der Waals surface area contributed by atoms with E-state index in [1.54, 1.807) is 17.5 Å². The summed E-state index contributed by atoms with van der Waals surface area (Å²) < 4.78 is 0. The zero-order valence-corrected chi connectivity index (χ0v) is 15.0. The Hall–Kier alpha value is -2.24. The van der Waals surface area contributed by atoms with E-state index in [1.807, 2.05) is 11.4 Å². The quantitative estimate of drug-likeness (QED) is 0.726. The fourth-order valence-corrected chi connectivity index (χ4v) is 3.91. The summed E-state index contributed by atoms with van der Waals surface area (Å²) in [7, 11) is 0. The lowest BCUT2D eigenvalue weighted by Gasteiger charge is -2.31. The molecule has 0 unspecified atom stereocenters. The Morgan fingerprint density at radius 3 is 2.64 bits per heavy atom. The minimum absolute atomic E-state index is 0.546. The van der Waals surface area contributed by atoms with Gasteiger partial charge in [-0.3, -0.25) is 4.90 Å². The Morgan fingerprint density at radius 1 is 1.04 bits per heavy atom. The first-order valence-corrected chi connectivity index (χ1v) is 9.64. The van der Waals surface area contributed by atoms with Gasteiger partial charge in [0.2, 0.25) is 0 Å². The molecule has 1 saturated heterocycles. The van der Waals surface area contributed by atoms with Crippen molar-refractivity contribution in [2.45, 2.75) is 25.3 Å². The molecular formula is C20H22N4S. The van der Waals surface area contributed by atoms with E-state index in [0.717, 1.165) is 30.6 Å². The third kappa shape index (κ3) is 4.24. The van der Waals surface area contributed by atoms with Crippen molar-refractivity contribution in [2.24, 2.45) is 0 Å². The van der Waals surface area contributed by atoms with Gasteiger partial charge in [0, 0.05) is 29.7 Å². The number of hydrogen-bond acceptors (Lipinski definition) is 5. The van der Waals surface area contributed by atoms with Crippen LogP contribution in [-0.2, 0) is 6.54 Å². The van der Waals surface area contributed by atoms with E-state index in [1.165, 1.54) is 24.1 Å². The minimum atomic E-state index is 0.546. The Bertz CT molecular complexity index is 780. The van der Waals surface area contributed by atoms with Crippen molar-refractivity contribution in [3.05, 3.63) is 71.4 Å². The molecule has 0 spiro atoms. The molecule has 0 bridgehead atoms. The van der Waals surface area contributed by atoms with E-state index in [4.69, 9.17) is 4.98 Å². The van der Waals surface area contributed by atoms with Crippen LogP contribution in [0.1, 0.15) is 30.0 Å². The van der Waals surface area contributed by atoms with Gasteiger partial charge in [0.05, 0.1) is 0 Å². The van der Waals surface area contributed by atoms with Crippen LogP contribution in [0.15, 0.2) is 60.1 Å². The highest BCUT2D eigenvalue weighted by Gasteiger charge is 2.21. The first-order valence-electron chi connectivity index (χ1n) is 8.76. The van der Waals surface area contributed by atoms with Crippen LogP contribution >= 0.6 is 11.3 Å². The SMILES string of the molecule is c1ccc(CN2CCC(c3cccc(Nc4nccs4)n3)CC2)cc1. The molecule has 1 fully saturated rings. The number of aromatic nitrogens is 2. The van der Waals surface area contributed by atoms with E-state index >= 15 is 0 Å². The van der Waals surface area contributed by atoms with E-state index in [0.29, 0.717) is 5.92 Å². The average Bonchev–Trinajstić information content (AvgIpc) is 3.16. The number of thiazole rings is 1. The number of nitrogens with one attached hydrogen (secondary N) is 1. The molecular weight excluding hydrogens is 328 g/mol. The lowest BCUT2D eigenvalue weighted by Crippen LogP contribution is -2.32. The van der Waals surface area contributed by atoms with Crippen molar-refractivity contribution in [3.63, 3.8) is 0 Å². The molecule has 1 N–H and O–H groups in total. The van der Waals surface area contributed by atoms with Gasteiger partial charge in [-0.25, -0.2) is 9.97 Å². The molecule has 4 rings (SSSR count). The summed E-state index contributed by atoms with van der Waals surface area (Å²) in [5.74, 6) is 1.43. The lowest BCUT2D eigenvalue weighted by molar-refractivity contribution is 0.203. The van der Waals surface area contributed by atoms with Gasteiger partial charge in [-0.05, 0) is 43.6 Å². The molecule has 1 aliphatic rings. The van der Waals surface area contributed by atoms with Gasteiger partial charge < -0.3 is 5.32 Å². The predicted octanol–water partition coefficient (Wildman–Crippen LogP) is 4.66. The van der Waals surface area contributed by atoms with Crippen molar-refractivity contribution >= 4 is 22.3 Å². The maximum atomic E-state index is 4.82. The maximum absolute atomic E-state index is 4.82. The van der Waals surface area contributed by atoms with Gasteiger partial charge in [-0.2, -0.15) is 0 Å². The monoisotopic (exact) mass is 350 g/mol. The van der Waals surface area contributed by atoms with Gasteiger partial charge in [0.1, 0.15) is 5.82 Å². The number of rotatable bonds is 5. The standard InChI is InChI=1S/C20H22N4S/c1-2-5-16(6-3-1)15-24-12-9-17(10-13-24)18-7-4-8-19(22-18)23-20-21-11-14-25-20/h1-8,11,14,17H,9-10,12-13,15H2,(H,21,22,23). The number of hydrogen-bond donors (Lipinski definition) is 1. The molecule has 1 aromatic carbocycles. The number of nitrogens with zero attached hydrogens (tertiary/aromatic N) is 3. The van der Waals surface area contributed by atoms with Crippen molar-refractivity contribution in [1.82, 2.24) is 14.9 Å². The highest BCUT2D eigenvalue weighted by atomic mass is 32.1. The van der Waals surface area contributed by atoms with Gasteiger partial charge in [0.15, 0.2) is 5.13 Å². The Balaban J connectivity index is 1.36. The van der Waals surface area contributed by atoms with Crippen LogP contribution in [0.4, 0.5) is 10.9 Å². The summed E-state index contributed by atoms with van der Waals surface area (Å²) >= 11 is 1.59. The second-order valence-electron chi connectivity index (χ2n) is 6.45. The molecule has 0 aliphatic carbocycles. The molecule has 0 radical (unpaired) electrons. The van der Waals surface area contributed by atoms with Crippen LogP contribution in [0.5, 0.6) is 0 Å². The minimum Gasteiger partial charge on any atom is -0.316 e.